The first kappa shape index (κ1) is 10.6. The molecule has 4 rings (SSSR count). The van der Waals surface area contributed by atoms with E-state index in [1.165, 1.54) is 6.42 Å². The Balaban J connectivity index is 1.76. The summed E-state index contributed by atoms with van der Waals surface area (Å²) in [5.74, 6) is 1.03. The first-order valence-corrected chi connectivity index (χ1v) is 6.75. The molecule has 3 aliphatic rings. The van der Waals surface area contributed by atoms with Crippen LogP contribution in [-0.2, 0) is 0 Å². The monoisotopic (exact) mass is 243 g/mol. The van der Waals surface area contributed by atoms with Gasteiger partial charge in [0.2, 0.25) is 0 Å². The maximum atomic E-state index is 12.4. The van der Waals surface area contributed by atoms with E-state index in [1.54, 1.807) is 0 Å². The van der Waals surface area contributed by atoms with Gasteiger partial charge in [-0.3, -0.25) is 4.79 Å². The minimum Gasteiger partial charge on any atom is -0.484 e. The van der Waals surface area contributed by atoms with Crippen LogP contribution in [0.25, 0.3) is 0 Å². The third kappa shape index (κ3) is 1.31. The zero-order chi connectivity index (χ0) is 12.3. The summed E-state index contributed by atoms with van der Waals surface area (Å²) in [4.78, 5) is 12.4. The molecule has 1 aromatic carbocycles. The Morgan fingerprint density at radius 2 is 2.28 bits per heavy atom. The zero-order valence-corrected chi connectivity index (χ0v) is 10.5. The second kappa shape index (κ2) is 3.35. The van der Waals surface area contributed by atoms with Crippen molar-refractivity contribution in [3.05, 3.63) is 29.3 Å². The van der Waals surface area contributed by atoms with Gasteiger partial charge in [0.15, 0.2) is 5.78 Å². The summed E-state index contributed by atoms with van der Waals surface area (Å²) in [5, 5.41) is 3.57. The quantitative estimate of drug-likeness (QED) is 0.759. The average molecular weight is 243 g/mol. The van der Waals surface area contributed by atoms with Gasteiger partial charge in [0, 0.05) is 18.5 Å². The normalized spacial score (nSPS) is 36.8. The molecule has 18 heavy (non-hydrogen) atoms. The third-order valence-electron chi connectivity index (χ3n) is 4.68. The SMILES string of the molecule is Cc1ccc2c(c1)C(=O)C[C@@]1(C[C@H]3CC[C@H]1N3)O2. The van der Waals surface area contributed by atoms with Crippen LogP contribution in [0.2, 0.25) is 0 Å². The number of hydrogen-bond donors (Lipinski definition) is 1. The van der Waals surface area contributed by atoms with Gasteiger partial charge < -0.3 is 10.1 Å². The van der Waals surface area contributed by atoms with Crippen molar-refractivity contribution in [3.63, 3.8) is 0 Å². The van der Waals surface area contributed by atoms with Crippen LogP contribution in [0, 0.1) is 6.92 Å². The summed E-state index contributed by atoms with van der Waals surface area (Å²) >= 11 is 0. The summed E-state index contributed by atoms with van der Waals surface area (Å²) < 4.78 is 6.26. The van der Waals surface area contributed by atoms with Gasteiger partial charge >= 0.3 is 0 Å². The van der Waals surface area contributed by atoms with Gasteiger partial charge in [-0.05, 0) is 31.9 Å². The van der Waals surface area contributed by atoms with Gasteiger partial charge in [-0.15, -0.1) is 0 Å². The average Bonchev–Trinajstić information content (AvgIpc) is 2.91. The predicted octanol–water partition coefficient (Wildman–Crippen LogP) is 2.22. The molecule has 0 saturated carbocycles. The number of ether oxygens (including phenoxy) is 1. The lowest BCUT2D eigenvalue weighted by molar-refractivity contribution is 0.0232. The van der Waals surface area contributed by atoms with Crippen molar-refractivity contribution in [1.29, 1.82) is 0 Å². The Labute approximate surface area is 107 Å². The van der Waals surface area contributed by atoms with E-state index in [1.807, 2.05) is 25.1 Å². The molecule has 0 radical (unpaired) electrons. The highest BCUT2D eigenvalue weighted by atomic mass is 16.5. The van der Waals surface area contributed by atoms with Crippen molar-refractivity contribution < 1.29 is 9.53 Å². The maximum absolute atomic E-state index is 12.4. The van der Waals surface area contributed by atoms with E-state index in [2.05, 4.69) is 5.32 Å². The lowest BCUT2D eigenvalue weighted by Crippen LogP contribution is -2.51. The van der Waals surface area contributed by atoms with Gasteiger partial charge in [0.25, 0.3) is 0 Å². The van der Waals surface area contributed by atoms with E-state index < -0.39 is 0 Å². The lowest BCUT2D eigenvalue weighted by Gasteiger charge is -2.40. The number of rotatable bonds is 0. The zero-order valence-electron chi connectivity index (χ0n) is 10.5. The fourth-order valence-corrected chi connectivity index (χ4v) is 3.84. The minimum atomic E-state index is -0.262. The summed E-state index contributed by atoms with van der Waals surface area (Å²) in [5.41, 5.74) is 1.62. The van der Waals surface area contributed by atoms with Crippen LogP contribution < -0.4 is 10.1 Å². The number of benzene rings is 1. The van der Waals surface area contributed by atoms with Crippen LogP contribution in [0.1, 0.15) is 41.6 Å². The molecule has 0 aliphatic carbocycles. The van der Waals surface area contributed by atoms with Crippen LogP contribution in [0.4, 0.5) is 0 Å². The fourth-order valence-electron chi connectivity index (χ4n) is 3.84. The molecule has 94 valence electrons. The Bertz CT molecular complexity index is 539. The number of hydrogen-bond acceptors (Lipinski definition) is 3. The predicted molar refractivity (Wildman–Crippen MR) is 68.0 cm³/mol. The Morgan fingerprint density at radius 3 is 3.00 bits per heavy atom. The summed E-state index contributed by atoms with van der Waals surface area (Å²) in [6, 6.07) is 6.84. The van der Waals surface area contributed by atoms with Crippen molar-refractivity contribution in [2.75, 3.05) is 0 Å². The van der Waals surface area contributed by atoms with Crippen molar-refractivity contribution in [2.24, 2.45) is 0 Å². The number of Topliss-reactive ketones (excluding diaryl/α,β-unsaturated/α-hetero) is 1. The number of fused-ring (bicyclic) bond motifs is 4. The molecule has 3 heterocycles. The second-order valence-corrected chi connectivity index (χ2v) is 5.96. The van der Waals surface area contributed by atoms with Crippen LogP contribution in [0.15, 0.2) is 18.2 Å². The molecule has 3 nitrogen and oxygen atoms in total. The highest BCUT2D eigenvalue weighted by Crippen LogP contribution is 2.46. The Hall–Kier alpha value is -1.35. The molecule has 0 amide bonds. The second-order valence-electron chi connectivity index (χ2n) is 5.96. The van der Waals surface area contributed by atoms with E-state index in [9.17, 15) is 4.79 Å². The molecular weight excluding hydrogens is 226 g/mol. The molecule has 1 N–H and O–H groups in total. The van der Waals surface area contributed by atoms with Gasteiger partial charge in [-0.2, -0.15) is 0 Å². The number of carbonyl (C=O) groups excluding carboxylic acids is 1. The van der Waals surface area contributed by atoms with E-state index in [0.29, 0.717) is 18.5 Å². The van der Waals surface area contributed by atoms with Gasteiger partial charge in [0.1, 0.15) is 11.4 Å². The summed E-state index contributed by atoms with van der Waals surface area (Å²) in [6.45, 7) is 2.01. The molecule has 0 unspecified atom stereocenters. The third-order valence-corrected chi connectivity index (χ3v) is 4.68. The van der Waals surface area contributed by atoms with E-state index >= 15 is 0 Å². The minimum absolute atomic E-state index is 0.245. The molecule has 1 spiro atoms. The van der Waals surface area contributed by atoms with E-state index in [0.717, 1.165) is 29.7 Å². The Morgan fingerprint density at radius 1 is 1.39 bits per heavy atom. The van der Waals surface area contributed by atoms with Gasteiger partial charge in [0.05, 0.1) is 12.0 Å². The molecular formula is C15H17NO2. The number of carbonyl (C=O) groups is 1. The Kier molecular flexibility index (Phi) is 1.97. The molecule has 0 aromatic heterocycles. The van der Waals surface area contributed by atoms with Crippen molar-refractivity contribution in [2.45, 2.75) is 50.3 Å². The molecule has 3 atom stereocenters. The van der Waals surface area contributed by atoms with Gasteiger partial charge in [-0.25, -0.2) is 0 Å². The van der Waals surface area contributed by atoms with Crippen molar-refractivity contribution >= 4 is 5.78 Å². The first-order valence-electron chi connectivity index (χ1n) is 6.75. The molecule has 2 fully saturated rings. The summed E-state index contributed by atoms with van der Waals surface area (Å²) in [6.07, 6.45) is 3.89. The highest BCUT2D eigenvalue weighted by Gasteiger charge is 2.55. The maximum Gasteiger partial charge on any atom is 0.170 e. The molecule has 3 heteroatoms. The number of ketones is 1. The van der Waals surface area contributed by atoms with E-state index in [-0.39, 0.29) is 11.4 Å². The molecule has 2 saturated heterocycles. The largest absolute Gasteiger partial charge is 0.484 e. The van der Waals surface area contributed by atoms with Gasteiger partial charge in [-0.1, -0.05) is 11.6 Å². The first-order chi connectivity index (χ1) is 8.66. The van der Waals surface area contributed by atoms with Crippen molar-refractivity contribution in [3.8, 4) is 5.75 Å². The smallest absolute Gasteiger partial charge is 0.170 e. The van der Waals surface area contributed by atoms with Crippen LogP contribution in [0.3, 0.4) is 0 Å². The van der Waals surface area contributed by atoms with E-state index in [4.69, 9.17) is 4.74 Å². The number of aryl methyl sites for hydroxylation is 1. The molecule has 3 aliphatic heterocycles. The highest BCUT2D eigenvalue weighted by molar-refractivity contribution is 6.00. The fraction of sp³-hybridized carbons (Fsp3) is 0.533. The lowest BCUT2D eigenvalue weighted by atomic mass is 9.78. The molecule has 1 aromatic rings. The summed E-state index contributed by atoms with van der Waals surface area (Å²) in [7, 11) is 0. The molecule has 2 bridgehead atoms. The van der Waals surface area contributed by atoms with Crippen LogP contribution in [0.5, 0.6) is 5.75 Å². The van der Waals surface area contributed by atoms with Crippen molar-refractivity contribution in [1.82, 2.24) is 5.32 Å². The standard InChI is InChI=1S/C15H17NO2/c1-9-2-4-13-11(6-9)12(17)8-15(18-13)7-10-3-5-14(15)16-10/h2,4,6,10,14,16H,3,5,7-8H2,1H3/t10-,14-,15-/m1/s1. The van der Waals surface area contributed by atoms with Crippen LogP contribution in [-0.4, -0.2) is 23.5 Å². The van der Waals surface area contributed by atoms with Crippen LogP contribution >= 0.6 is 0 Å². The number of nitrogens with one attached hydrogen (secondary N) is 1. The topological polar surface area (TPSA) is 38.3 Å².